The summed E-state index contributed by atoms with van der Waals surface area (Å²) < 4.78 is 21.7. The molecule has 6 nitrogen and oxygen atoms in total. The molecule has 1 aliphatic rings. The van der Waals surface area contributed by atoms with Gasteiger partial charge in [-0.15, -0.1) is 0 Å². The quantitative estimate of drug-likeness (QED) is 0.741. The number of rotatable bonds is 4. The maximum Gasteiger partial charge on any atom is 0.308 e. The molecular formula is C15H26O6. The Hall–Kier alpha value is -1.14. The van der Waals surface area contributed by atoms with E-state index in [4.69, 9.17) is 18.9 Å². The van der Waals surface area contributed by atoms with E-state index in [1.54, 1.807) is 13.8 Å². The molecule has 0 aromatic rings. The van der Waals surface area contributed by atoms with Crippen molar-refractivity contribution in [1.29, 1.82) is 0 Å². The van der Waals surface area contributed by atoms with Crippen molar-refractivity contribution in [2.24, 2.45) is 0 Å². The molecule has 0 radical (unpaired) electrons. The molecule has 1 fully saturated rings. The summed E-state index contributed by atoms with van der Waals surface area (Å²) in [5.41, 5.74) is -0.519. The summed E-state index contributed by atoms with van der Waals surface area (Å²) in [5.74, 6) is -1.49. The number of esters is 2. The van der Waals surface area contributed by atoms with Crippen LogP contribution in [0.25, 0.3) is 0 Å². The molecule has 0 aromatic heterocycles. The molecule has 0 aromatic carbocycles. The smallest absolute Gasteiger partial charge is 0.308 e. The van der Waals surface area contributed by atoms with Gasteiger partial charge < -0.3 is 18.9 Å². The maximum absolute atomic E-state index is 11.9. The zero-order chi connectivity index (χ0) is 16.3. The summed E-state index contributed by atoms with van der Waals surface area (Å²) in [6, 6.07) is 0. The number of ether oxygens (including phenoxy) is 4. The molecule has 0 amide bonds. The van der Waals surface area contributed by atoms with Gasteiger partial charge in [0.25, 0.3) is 0 Å². The molecule has 0 N–H and O–H groups in total. The lowest BCUT2D eigenvalue weighted by molar-refractivity contribution is -0.304. The highest BCUT2D eigenvalue weighted by Crippen LogP contribution is 2.29. The van der Waals surface area contributed by atoms with Crippen LogP contribution in [0, 0.1) is 0 Å². The van der Waals surface area contributed by atoms with Gasteiger partial charge in [0.15, 0.2) is 5.79 Å². The molecular weight excluding hydrogens is 276 g/mol. The summed E-state index contributed by atoms with van der Waals surface area (Å²) in [4.78, 5) is 22.8. The first kappa shape index (κ1) is 17.9. The number of hydrogen-bond acceptors (Lipinski definition) is 6. The number of carbonyl (C=O) groups excluding carboxylic acids is 2. The van der Waals surface area contributed by atoms with E-state index in [0.717, 1.165) is 0 Å². The van der Waals surface area contributed by atoms with Crippen molar-refractivity contribution in [3.05, 3.63) is 0 Å². The third-order valence-corrected chi connectivity index (χ3v) is 2.71. The van der Waals surface area contributed by atoms with Crippen molar-refractivity contribution >= 4 is 11.9 Å². The first-order chi connectivity index (χ1) is 9.47. The third kappa shape index (κ3) is 7.43. The summed E-state index contributed by atoms with van der Waals surface area (Å²) in [7, 11) is 0. The van der Waals surface area contributed by atoms with Crippen LogP contribution in [0.5, 0.6) is 0 Å². The van der Waals surface area contributed by atoms with Gasteiger partial charge in [0, 0.05) is 13.3 Å². The summed E-state index contributed by atoms with van der Waals surface area (Å²) in [6.45, 7) is 10.5. The molecule has 2 atom stereocenters. The van der Waals surface area contributed by atoms with E-state index in [1.807, 2.05) is 20.8 Å². The van der Waals surface area contributed by atoms with Crippen molar-refractivity contribution in [2.75, 3.05) is 6.61 Å². The Bertz CT molecular complexity index is 382. The van der Waals surface area contributed by atoms with E-state index in [1.165, 1.54) is 6.92 Å². The van der Waals surface area contributed by atoms with Crippen molar-refractivity contribution in [3.63, 3.8) is 0 Å². The Morgan fingerprint density at radius 2 is 1.76 bits per heavy atom. The van der Waals surface area contributed by atoms with Gasteiger partial charge in [0.05, 0.1) is 18.6 Å². The molecule has 1 saturated heterocycles. The summed E-state index contributed by atoms with van der Waals surface area (Å²) in [5, 5.41) is 0. The van der Waals surface area contributed by atoms with E-state index in [2.05, 4.69) is 0 Å². The van der Waals surface area contributed by atoms with Crippen molar-refractivity contribution in [3.8, 4) is 0 Å². The second-order valence-corrected chi connectivity index (χ2v) is 6.71. The molecule has 1 heterocycles. The van der Waals surface area contributed by atoms with Crippen LogP contribution < -0.4 is 0 Å². The maximum atomic E-state index is 11.9. The Balaban J connectivity index is 2.57. The number of carbonyl (C=O) groups is 2. The molecule has 1 aliphatic heterocycles. The molecule has 0 bridgehead atoms. The van der Waals surface area contributed by atoms with Crippen LogP contribution in [-0.4, -0.2) is 42.1 Å². The van der Waals surface area contributed by atoms with Crippen LogP contribution in [0.15, 0.2) is 0 Å². The molecule has 6 heteroatoms. The predicted molar refractivity (Wildman–Crippen MR) is 75.5 cm³/mol. The SMILES string of the molecule is CC(=O)OC[C@H]1C[C@@H](CC(=O)OC(C)(C)C)OC(C)(C)O1. The zero-order valence-corrected chi connectivity index (χ0v) is 13.7. The van der Waals surface area contributed by atoms with Crippen molar-refractivity contribution in [2.45, 2.75) is 78.0 Å². The van der Waals surface area contributed by atoms with E-state index in [0.29, 0.717) is 6.42 Å². The third-order valence-electron chi connectivity index (χ3n) is 2.71. The van der Waals surface area contributed by atoms with Gasteiger partial charge in [-0.1, -0.05) is 0 Å². The van der Waals surface area contributed by atoms with Crippen LogP contribution in [-0.2, 0) is 28.5 Å². The van der Waals surface area contributed by atoms with Crippen LogP contribution >= 0.6 is 0 Å². The zero-order valence-electron chi connectivity index (χ0n) is 13.7. The first-order valence-electron chi connectivity index (χ1n) is 7.18. The largest absolute Gasteiger partial charge is 0.463 e. The molecule has 0 spiro atoms. The fraction of sp³-hybridized carbons (Fsp3) is 0.867. The van der Waals surface area contributed by atoms with Gasteiger partial charge in [-0.25, -0.2) is 0 Å². The molecule has 21 heavy (non-hydrogen) atoms. The first-order valence-corrected chi connectivity index (χ1v) is 7.18. The Morgan fingerprint density at radius 1 is 1.19 bits per heavy atom. The topological polar surface area (TPSA) is 71.1 Å². The predicted octanol–water partition coefficient (Wildman–Crippen LogP) is 2.19. The monoisotopic (exact) mass is 302 g/mol. The lowest BCUT2D eigenvalue weighted by atomic mass is 10.1. The molecule has 0 saturated carbocycles. The second kappa shape index (κ2) is 6.75. The average molecular weight is 302 g/mol. The summed E-state index contributed by atoms with van der Waals surface area (Å²) in [6.07, 6.45) is 0.0329. The van der Waals surface area contributed by atoms with Gasteiger partial charge in [-0.3, -0.25) is 9.59 Å². The minimum atomic E-state index is -0.824. The van der Waals surface area contributed by atoms with E-state index < -0.39 is 11.4 Å². The fourth-order valence-electron chi connectivity index (χ4n) is 2.23. The lowest BCUT2D eigenvalue weighted by Gasteiger charge is -2.40. The van der Waals surface area contributed by atoms with Crippen LogP contribution in [0.2, 0.25) is 0 Å². The van der Waals surface area contributed by atoms with E-state index in [-0.39, 0.29) is 37.2 Å². The molecule has 0 unspecified atom stereocenters. The standard InChI is InChI=1S/C15H26O6/c1-10(16)18-9-12-7-11(19-15(5,6)20-12)8-13(17)21-14(2,3)4/h11-12H,7-9H2,1-6H3/t11-,12+/m0/s1. The van der Waals surface area contributed by atoms with Crippen molar-refractivity contribution in [1.82, 2.24) is 0 Å². The average Bonchev–Trinajstić information content (AvgIpc) is 2.20. The van der Waals surface area contributed by atoms with Crippen molar-refractivity contribution < 1.29 is 28.5 Å². The minimum absolute atomic E-state index is 0.153. The highest BCUT2D eigenvalue weighted by molar-refractivity contribution is 5.70. The van der Waals surface area contributed by atoms with Gasteiger partial charge in [0.1, 0.15) is 12.2 Å². The molecule has 122 valence electrons. The van der Waals surface area contributed by atoms with Gasteiger partial charge in [-0.2, -0.15) is 0 Å². The van der Waals surface area contributed by atoms with Crippen LogP contribution in [0.1, 0.15) is 54.4 Å². The highest BCUT2D eigenvalue weighted by atomic mass is 16.7. The van der Waals surface area contributed by atoms with E-state index in [9.17, 15) is 9.59 Å². The summed E-state index contributed by atoms with van der Waals surface area (Å²) >= 11 is 0. The number of hydrogen-bond donors (Lipinski definition) is 0. The second-order valence-electron chi connectivity index (χ2n) is 6.71. The van der Waals surface area contributed by atoms with Gasteiger partial charge in [0.2, 0.25) is 0 Å². The van der Waals surface area contributed by atoms with Crippen LogP contribution in [0.4, 0.5) is 0 Å². The van der Waals surface area contributed by atoms with Gasteiger partial charge >= 0.3 is 11.9 Å². The Labute approximate surface area is 126 Å². The van der Waals surface area contributed by atoms with E-state index >= 15 is 0 Å². The lowest BCUT2D eigenvalue weighted by Crippen LogP contribution is -2.47. The fourth-order valence-corrected chi connectivity index (χ4v) is 2.23. The Morgan fingerprint density at radius 3 is 2.29 bits per heavy atom. The normalized spacial score (nSPS) is 25.2. The van der Waals surface area contributed by atoms with Crippen LogP contribution in [0.3, 0.4) is 0 Å². The molecule has 1 rings (SSSR count). The minimum Gasteiger partial charge on any atom is -0.463 e. The molecule has 0 aliphatic carbocycles. The van der Waals surface area contributed by atoms with Gasteiger partial charge in [-0.05, 0) is 34.6 Å². The highest BCUT2D eigenvalue weighted by Gasteiger charge is 2.37. The Kier molecular flexibility index (Phi) is 5.75.